The van der Waals surface area contributed by atoms with Crippen molar-refractivity contribution >= 4 is 71.3 Å². The number of halogens is 3. The molecule has 21 heavy (non-hydrogen) atoms. The first-order valence-corrected chi connectivity index (χ1v) is 7.79. The van der Waals surface area contributed by atoms with Crippen LogP contribution in [0.3, 0.4) is 0 Å². The topological polar surface area (TPSA) is 122 Å². The van der Waals surface area contributed by atoms with E-state index in [1.54, 1.807) is 0 Å². The minimum Gasteiger partial charge on any atom is -0.478 e. The molecule has 0 aliphatic rings. The molecule has 0 aliphatic heterocycles. The second-order valence-electron chi connectivity index (χ2n) is 3.70. The van der Waals surface area contributed by atoms with Gasteiger partial charge in [0.1, 0.15) is 0 Å². The summed E-state index contributed by atoms with van der Waals surface area (Å²) in [6, 6.07) is 0. The van der Waals surface area contributed by atoms with E-state index >= 15 is 0 Å². The molecule has 1 aromatic rings. The molecular weight excluding hydrogens is 478 g/mol. The highest BCUT2D eigenvalue weighted by atomic mass is 79.9. The Morgan fingerprint density at radius 2 is 1.62 bits per heavy atom. The lowest BCUT2D eigenvalue weighted by atomic mass is 10.1. The average Bonchev–Trinajstić information content (AvgIpc) is 2.42. The number of hydrogen-bond acceptors (Lipinski definition) is 4. The van der Waals surface area contributed by atoms with Crippen LogP contribution in [0.25, 0.3) is 0 Å². The van der Waals surface area contributed by atoms with Gasteiger partial charge >= 0.3 is 5.97 Å². The van der Waals surface area contributed by atoms with Crippen LogP contribution in [0.1, 0.15) is 20.7 Å². The summed E-state index contributed by atoms with van der Waals surface area (Å²) in [5.74, 6) is -2.32. The Kier molecular flexibility index (Phi) is 6.32. The molecule has 0 fully saturated rings. The summed E-state index contributed by atoms with van der Waals surface area (Å²) in [5, 5.41) is 14.1. The van der Waals surface area contributed by atoms with Gasteiger partial charge in [0.2, 0.25) is 5.91 Å². The van der Waals surface area contributed by atoms with Gasteiger partial charge in [0.25, 0.3) is 5.91 Å². The molecule has 0 aliphatic carbocycles. The van der Waals surface area contributed by atoms with E-state index in [2.05, 4.69) is 58.4 Å². The first-order chi connectivity index (χ1) is 9.76. The number of carboxylic acid groups (broad SMARTS) is 1. The average molecular weight is 488 g/mol. The van der Waals surface area contributed by atoms with Crippen molar-refractivity contribution in [1.29, 1.82) is 0 Å². The fourth-order valence-corrected chi connectivity index (χ4v) is 4.36. The van der Waals surface area contributed by atoms with Gasteiger partial charge in [-0.25, -0.2) is 4.79 Å². The molecule has 7 nitrogen and oxygen atoms in total. The largest absolute Gasteiger partial charge is 0.478 e. The van der Waals surface area contributed by atoms with E-state index in [0.29, 0.717) is 0 Å². The third kappa shape index (κ3) is 3.62. The normalized spacial score (nSPS) is 10.1. The molecule has 0 unspecified atom stereocenters. The Bertz CT molecular complexity index is 634. The zero-order valence-electron chi connectivity index (χ0n) is 10.6. The van der Waals surface area contributed by atoms with Crippen molar-refractivity contribution in [3.8, 4) is 0 Å². The number of rotatable bonds is 4. The highest BCUT2D eigenvalue weighted by Gasteiger charge is 2.27. The van der Waals surface area contributed by atoms with Crippen LogP contribution in [0.2, 0.25) is 0 Å². The number of nitrogens with one attached hydrogen (secondary N) is 2. The smallest absolute Gasteiger partial charge is 0.338 e. The first-order valence-electron chi connectivity index (χ1n) is 5.41. The number of carboxylic acids is 1. The van der Waals surface area contributed by atoms with Gasteiger partial charge in [-0.05, 0) is 47.8 Å². The van der Waals surface area contributed by atoms with Crippen LogP contribution in [0.4, 0.5) is 5.69 Å². The molecule has 0 spiro atoms. The van der Waals surface area contributed by atoms with E-state index in [1.165, 1.54) is 7.05 Å². The van der Waals surface area contributed by atoms with E-state index < -0.39 is 17.8 Å². The Morgan fingerprint density at radius 1 is 1.10 bits per heavy atom. The molecular formula is C11H10Br3N3O4. The predicted molar refractivity (Wildman–Crippen MR) is 87.6 cm³/mol. The summed E-state index contributed by atoms with van der Waals surface area (Å²) in [4.78, 5) is 34.8. The quantitative estimate of drug-likeness (QED) is 0.517. The van der Waals surface area contributed by atoms with Crippen LogP contribution in [-0.2, 0) is 4.79 Å². The molecule has 0 aromatic heterocycles. The van der Waals surface area contributed by atoms with Gasteiger partial charge in [-0.15, -0.1) is 0 Å². The fourth-order valence-electron chi connectivity index (χ4n) is 1.48. The zero-order valence-corrected chi connectivity index (χ0v) is 15.3. The summed E-state index contributed by atoms with van der Waals surface area (Å²) in [6.07, 6.45) is 0. The van der Waals surface area contributed by atoms with Gasteiger partial charge in [-0.3, -0.25) is 9.59 Å². The standard InChI is InChI=1S/C11H10Br3N3O4/c1-16-10(19)4-6(12)5(11(20)21)8(14)9(7(4)13)17-3(18)2-15/h2,15H2,1H3,(H,16,19)(H,17,18)(H,20,21). The maximum absolute atomic E-state index is 11.9. The van der Waals surface area contributed by atoms with Crippen LogP contribution in [0, 0.1) is 0 Å². The second kappa shape index (κ2) is 7.34. The van der Waals surface area contributed by atoms with E-state index in [0.717, 1.165) is 0 Å². The molecule has 114 valence electrons. The third-order valence-corrected chi connectivity index (χ3v) is 4.81. The molecule has 2 amide bonds. The van der Waals surface area contributed by atoms with Crippen LogP contribution < -0.4 is 16.4 Å². The van der Waals surface area contributed by atoms with Crippen molar-refractivity contribution in [2.45, 2.75) is 0 Å². The molecule has 0 atom stereocenters. The Morgan fingerprint density at radius 3 is 2.05 bits per heavy atom. The summed E-state index contributed by atoms with van der Waals surface area (Å²) < 4.78 is 0.425. The Balaban J connectivity index is 3.71. The SMILES string of the molecule is CNC(=O)c1c(Br)c(NC(=O)CN)c(Br)c(C(=O)O)c1Br. The van der Waals surface area contributed by atoms with Crippen molar-refractivity contribution in [2.75, 3.05) is 18.9 Å². The molecule has 0 bridgehead atoms. The number of anilines is 1. The van der Waals surface area contributed by atoms with Gasteiger partial charge in [-0.2, -0.15) is 0 Å². The zero-order chi connectivity index (χ0) is 16.3. The number of benzene rings is 1. The molecule has 5 N–H and O–H groups in total. The van der Waals surface area contributed by atoms with Crippen LogP contribution in [0.15, 0.2) is 13.4 Å². The molecule has 10 heteroatoms. The molecule has 1 aromatic carbocycles. The highest BCUT2D eigenvalue weighted by Crippen LogP contribution is 2.42. The number of carbonyl (C=O) groups excluding carboxylic acids is 2. The third-order valence-electron chi connectivity index (χ3n) is 2.43. The van der Waals surface area contributed by atoms with E-state index in [9.17, 15) is 19.5 Å². The van der Waals surface area contributed by atoms with Crippen molar-refractivity contribution in [3.05, 3.63) is 24.5 Å². The van der Waals surface area contributed by atoms with Gasteiger partial charge < -0.3 is 21.5 Å². The molecule has 0 heterocycles. The van der Waals surface area contributed by atoms with Crippen molar-refractivity contribution in [1.82, 2.24) is 5.32 Å². The van der Waals surface area contributed by atoms with Gasteiger partial charge in [0, 0.05) is 11.5 Å². The fraction of sp³-hybridized carbons (Fsp3) is 0.182. The van der Waals surface area contributed by atoms with Crippen molar-refractivity contribution in [2.24, 2.45) is 5.73 Å². The molecule has 1 rings (SSSR count). The van der Waals surface area contributed by atoms with Crippen molar-refractivity contribution < 1.29 is 19.5 Å². The lowest BCUT2D eigenvalue weighted by molar-refractivity contribution is -0.114. The molecule has 0 saturated carbocycles. The maximum Gasteiger partial charge on any atom is 0.338 e. The summed E-state index contributed by atoms with van der Waals surface area (Å²) in [7, 11) is 1.40. The van der Waals surface area contributed by atoms with E-state index in [-0.39, 0.29) is 36.8 Å². The van der Waals surface area contributed by atoms with Gasteiger partial charge in [0.05, 0.1) is 32.3 Å². The van der Waals surface area contributed by atoms with Crippen molar-refractivity contribution in [3.63, 3.8) is 0 Å². The number of aromatic carboxylic acids is 1. The highest BCUT2D eigenvalue weighted by molar-refractivity contribution is 9.11. The summed E-state index contributed by atoms with van der Waals surface area (Å²) >= 11 is 9.42. The van der Waals surface area contributed by atoms with E-state index in [4.69, 9.17) is 5.73 Å². The lowest BCUT2D eigenvalue weighted by Crippen LogP contribution is -2.25. The number of carbonyl (C=O) groups is 3. The first kappa shape index (κ1) is 18.1. The molecule has 0 saturated heterocycles. The Hall–Kier alpha value is -0.970. The Labute approximate surface area is 145 Å². The number of amides is 2. The second-order valence-corrected chi connectivity index (χ2v) is 6.08. The maximum atomic E-state index is 11.9. The summed E-state index contributed by atoms with van der Waals surface area (Å²) in [6.45, 7) is -0.285. The van der Waals surface area contributed by atoms with E-state index in [1.807, 2.05) is 0 Å². The van der Waals surface area contributed by atoms with Crippen LogP contribution in [0.5, 0.6) is 0 Å². The van der Waals surface area contributed by atoms with Crippen LogP contribution >= 0.6 is 47.8 Å². The van der Waals surface area contributed by atoms with Crippen LogP contribution in [-0.4, -0.2) is 36.5 Å². The summed E-state index contributed by atoms with van der Waals surface area (Å²) in [5.41, 5.74) is 5.20. The molecule has 0 radical (unpaired) electrons. The van der Waals surface area contributed by atoms with Gasteiger partial charge in [0.15, 0.2) is 0 Å². The number of nitrogens with two attached hydrogens (primary N) is 1. The number of hydrogen-bond donors (Lipinski definition) is 4. The monoisotopic (exact) mass is 485 g/mol. The predicted octanol–water partition coefficient (Wildman–Crippen LogP) is 1.93. The minimum atomic E-state index is -1.27. The lowest BCUT2D eigenvalue weighted by Gasteiger charge is -2.17. The minimum absolute atomic E-state index is 0.0467. The van der Waals surface area contributed by atoms with Gasteiger partial charge in [-0.1, -0.05) is 0 Å².